The molecule has 0 aromatic carbocycles. The first kappa shape index (κ1) is 14.7. The molecule has 0 heterocycles. The van der Waals surface area contributed by atoms with Gasteiger partial charge >= 0.3 is 0 Å². The zero-order valence-corrected chi connectivity index (χ0v) is 12.6. The first-order valence-corrected chi connectivity index (χ1v) is 8.99. The van der Waals surface area contributed by atoms with Gasteiger partial charge < -0.3 is 10.4 Å². The van der Waals surface area contributed by atoms with E-state index in [9.17, 15) is 5.11 Å². The maximum Gasteiger partial charge on any atom is 0.0771 e. The number of rotatable bonds is 4. The maximum absolute atomic E-state index is 10.6. The molecule has 18 heavy (non-hydrogen) atoms. The summed E-state index contributed by atoms with van der Waals surface area (Å²) in [6, 6.07) is 0.642. The van der Waals surface area contributed by atoms with Gasteiger partial charge in [0, 0.05) is 17.8 Å². The molecule has 2 aliphatic carbocycles. The van der Waals surface area contributed by atoms with Crippen LogP contribution in [0.25, 0.3) is 0 Å². The predicted molar refractivity (Wildman–Crippen MR) is 80.2 cm³/mol. The third-order valence-corrected chi connectivity index (χ3v) is 5.81. The topological polar surface area (TPSA) is 32.3 Å². The number of thioether (sulfide) groups is 1. The van der Waals surface area contributed by atoms with Crippen LogP contribution in [0.2, 0.25) is 0 Å². The van der Waals surface area contributed by atoms with Crippen molar-refractivity contribution in [1.82, 2.24) is 5.32 Å². The number of aliphatic hydroxyl groups is 1. The second-order valence-corrected chi connectivity index (χ2v) is 7.38. The molecule has 2 nitrogen and oxygen atoms in total. The van der Waals surface area contributed by atoms with E-state index in [1.54, 1.807) is 0 Å². The van der Waals surface area contributed by atoms with Crippen LogP contribution in [0.1, 0.15) is 64.2 Å². The maximum atomic E-state index is 10.6. The van der Waals surface area contributed by atoms with Crippen LogP contribution in [-0.4, -0.2) is 34.8 Å². The van der Waals surface area contributed by atoms with Crippen molar-refractivity contribution in [3.63, 3.8) is 0 Å². The molecule has 2 saturated carbocycles. The molecule has 3 heteroatoms. The first-order chi connectivity index (χ1) is 8.72. The fraction of sp³-hybridized carbons (Fsp3) is 1.00. The van der Waals surface area contributed by atoms with Gasteiger partial charge in [0.15, 0.2) is 0 Å². The Balaban J connectivity index is 1.75. The Morgan fingerprint density at radius 1 is 1.11 bits per heavy atom. The summed E-state index contributed by atoms with van der Waals surface area (Å²) in [7, 11) is 0. The Morgan fingerprint density at radius 2 is 1.83 bits per heavy atom. The average molecular weight is 271 g/mol. The van der Waals surface area contributed by atoms with Crippen molar-refractivity contribution >= 4 is 11.8 Å². The van der Waals surface area contributed by atoms with Crippen LogP contribution in [0.4, 0.5) is 0 Å². The van der Waals surface area contributed by atoms with Crippen molar-refractivity contribution in [2.75, 3.05) is 12.8 Å². The summed E-state index contributed by atoms with van der Waals surface area (Å²) in [6.45, 7) is 0.818. The standard InChI is InChI=1S/C15H29NOS/c1-18-14-8-6-7-13(11-14)16-12-15(17)9-4-2-3-5-10-15/h13-14,16-17H,2-12H2,1H3. The quantitative estimate of drug-likeness (QED) is 0.769. The average Bonchev–Trinajstić information content (AvgIpc) is 2.62. The summed E-state index contributed by atoms with van der Waals surface area (Å²) in [5, 5.41) is 15.1. The lowest BCUT2D eigenvalue weighted by Crippen LogP contribution is -2.46. The normalized spacial score (nSPS) is 33.0. The van der Waals surface area contributed by atoms with Crippen LogP contribution in [0.5, 0.6) is 0 Å². The van der Waals surface area contributed by atoms with E-state index in [0.29, 0.717) is 6.04 Å². The van der Waals surface area contributed by atoms with Crippen molar-refractivity contribution in [3.8, 4) is 0 Å². The molecule has 2 N–H and O–H groups in total. The Labute approximate surface area is 116 Å². The van der Waals surface area contributed by atoms with Crippen molar-refractivity contribution in [1.29, 1.82) is 0 Å². The molecule has 0 saturated heterocycles. The first-order valence-electron chi connectivity index (χ1n) is 7.70. The molecule has 2 rings (SSSR count). The van der Waals surface area contributed by atoms with Crippen LogP contribution in [0, 0.1) is 0 Å². The fourth-order valence-electron chi connectivity index (χ4n) is 3.44. The van der Waals surface area contributed by atoms with Gasteiger partial charge in [-0.1, -0.05) is 32.1 Å². The molecule has 0 aromatic heterocycles. The number of nitrogens with one attached hydrogen (secondary N) is 1. The molecular weight excluding hydrogens is 242 g/mol. The van der Waals surface area contributed by atoms with E-state index in [1.165, 1.54) is 51.4 Å². The molecule has 2 aliphatic rings. The predicted octanol–water partition coefficient (Wildman–Crippen LogP) is 3.34. The molecule has 0 aromatic rings. The van der Waals surface area contributed by atoms with E-state index in [0.717, 1.165) is 24.6 Å². The summed E-state index contributed by atoms with van der Waals surface area (Å²) in [6.07, 6.45) is 14.6. The van der Waals surface area contributed by atoms with E-state index in [2.05, 4.69) is 11.6 Å². The molecule has 2 atom stereocenters. The van der Waals surface area contributed by atoms with Gasteiger partial charge in [0.1, 0.15) is 0 Å². The second kappa shape index (κ2) is 7.16. The van der Waals surface area contributed by atoms with Crippen molar-refractivity contribution in [2.24, 2.45) is 0 Å². The van der Waals surface area contributed by atoms with E-state index in [4.69, 9.17) is 0 Å². The van der Waals surface area contributed by atoms with Gasteiger partial charge in [-0.3, -0.25) is 0 Å². The molecule has 0 spiro atoms. The van der Waals surface area contributed by atoms with Crippen LogP contribution >= 0.6 is 11.8 Å². The monoisotopic (exact) mass is 271 g/mol. The highest BCUT2D eigenvalue weighted by molar-refractivity contribution is 7.99. The zero-order chi connectivity index (χ0) is 12.8. The number of hydrogen-bond acceptors (Lipinski definition) is 3. The summed E-state index contributed by atoms with van der Waals surface area (Å²) in [4.78, 5) is 0. The van der Waals surface area contributed by atoms with Crippen molar-refractivity contribution < 1.29 is 5.11 Å². The second-order valence-electron chi connectivity index (χ2n) is 6.24. The van der Waals surface area contributed by atoms with Gasteiger partial charge in [-0.15, -0.1) is 0 Å². The minimum atomic E-state index is -0.414. The Morgan fingerprint density at radius 3 is 2.50 bits per heavy atom. The van der Waals surface area contributed by atoms with Gasteiger partial charge in [-0.2, -0.15) is 11.8 Å². The lowest BCUT2D eigenvalue weighted by molar-refractivity contribution is 0.0216. The highest BCUT2D eigenvalue weighted by atomic mass is 32.2. The summed E-state index contributed by atoms with van der Waals surface area (Å²) in [5.41, 5.74) is -0.414. The summed E-state index contributed by atoms with van der Waals surface area (Å²) in [5.74, 6) is 0. The molecular formula is C15H29NOS. The van der Waals surface area contributed by atoms with Crippen molar-refractivity contribution in [3.05, 3.63) is 0 Å². The van der Waals surface area contributed by atoms with Crippen LogP contribution < -0.4 is 5.32 Å². The third kappa shape index (κ3) is 4.43. The largest absolute Gasteiger partial charge is 0.389 e. The number of hydrogen-bond donors (Lipinski definition) is 2. The van der Waals surface area contributed by atoms with Crippen LogP contribution in [-0.2, 0) is 0 Å². The molecule has 106 valence electrons. The van der Waals surface area contributed by atoms with Crippen molar-refractivity contribution in [2.45, 2.75) is 81.1 Å². The van der Waals surface area contributed by atoms with E-state index in [1.807, 2.05) is 11.8 Å². The highest BCUT2D eigenvalue weighted by Crippen LogP contribution is 2.29. The molecule has 0 amide bonds. The Hall–Kier alpha value is 0.270. The molecule has 0 radical (unpaired) electrons. The SMILES string of the molecule is CSC1CCCC(NCC2(O)CCCCCC2)C1. The van der Waals surface area contributed by atoms with Gasteiger partial charge in [0.05, 0.1) is 5.60 Å². The van der Waals surface area contributed by atoms with Gasteiger partial charge in [0.2, 0.25) is 0 Å². The third-order valence-electron chi connectivity index (χ3n) is 4.71. The molecule has 2 fully saturated rings. The van der Waals surface area contributed by atoms with E-state index < -0.39 is 5.60 Å². The fourth-order valence-corrected chi connectivity index (χ4v) is 4.27. The van der Waals surface area contributed by atoms with Gasteiger partial charge in [-0.05, 0) is 38.4 Å². The smallest absolute Gasteiger partial charge is 0.0771 e. The summed E-state index contributed by atoms with van der Waals surface area (Å²) < 4.78 is 0. The Kier molecular flexibility index (Phi) is 5.84. The molecule has 2 unspecified atom stereocenters. The lowest BCUT2D eigenvalue weighted by Gasteiger charge is -2.33. The lowest BCUT2D eigenvalue weighted by atomic mass is 9.91. The zero-order valence-electron chi connectivity index (χ0n) is 11.8. The Bertz CT molecular complexity index is 239. The minimum absolute atomic E-state index is 0.414. The van der Waals surface area contributed by atoms with E-state index in [-0.39, 0.29) is 0 Å². The highest BCUT2D eigenvalue weighted by Gasteiger charge is 2.29. The van der Waals surface area contributed by atoms with Gasteiger partial charge in [0.25, 0.3) is 0 Å². The molecule has 0 aliphatic heterocycles. The molecule has 0 bridgehead atoms. The van der Waals surface area contributed by atoms with Crippen LogP contribution in [0.3, 0.4) is 0 Å². The van der Waals surface area contributed by atoms with Gasteiger partial charge in [-0.25, -0.2) is 0 Å². The van der Waals surface area contributed by atoms with Crippen LogP contribution in [0.15, 0.2) is 0 Å². The van der Waals surface area contributed by atoms with E-state index >= 15 is 0 Å². The summed E-state index contributed by atoms with van der Waals surface area (Å²) >= 11 is 2.01. The minimum Gasteiger partial charge on any atom is -0.389 e.